The third-order valence-corrected chi connectivity index (χ3v) is 5.37. The number of benzene rings is 1. The summed E-state index contributed by atoms with van der Waals surface area (Å²) >= 11 is 0. The van der Waals surface area contributed by atoms with E-state index < -0.39 is 20.8 Å². The normalized spacial score (nSPS) is 15.7. The van der Waals surface area contributed by atoms with Gasteiger partial charge in [-0.05, 0) is 17.8 Å². The van der Waals surface area contributed by atoms with Gasteiger partial charge in [-0.3, -0.25) is 0 Å². The number of alkyl halides is 5. The Bertz CT molecular complexity index is 449. The highest BCUT2D eigenvalue weighted by Gasteiger charge is 2.63. The van der Waals surface area contributed by atoms with E-state index in [9.17, 15) is 22.0 Å². The van der Waals surface area contributed by atoms with Gasteiger partial charge in [0.2, 0.25) is 0 Å². The second-order valence-electron chi connectivity index (χ2n) is 3.79. The lowest BCUT2D eigenvalue weighted by Crippen LogP contribution is -2.59. The fraction of sp³-hybridized carbons (Fsp3) is 0.333. The Morgan fingerprint density at radius 1 is 1.15 bits per heavy atom. The van der Waals surface area contributed by atoms with E-state index in [0.29, 0.717) is 0 Å². The molecule has 0 aliphatic rings. The van der Waals surface area contributed by atoms with Crippen LogP contribution in [0.2, 0.25) is 0 Å². The number of halogens is 5. The topological polar surface area (TPSA) is 18.5 Å². The summed E-state index contributed by atoms with van der Waals surface area (Å²) in [5.74, 6) is 0. The standard InChI is InChI=1S/C12H13F5O2Si/c1-3-18-20(4-2,10-8-6-5-7-9-10)19-12(16,17)11(13,14)15/h4-9H,2-3H2,1H3. The zero-order valence-corrected chi connectivity index (χ0v) is 11.6. The maximum atomic E-state index is 13.2. The Kier molecular flexibility index (Phi) is 5.06. The molecule has 0 amide bonds. The summed E-state index contributed by atoms with van der Waals surface area (Å²) in [7, 11) is -4.10. The summed E-state index contributed by atoms with van der Waals surface area (Å²) in [5, 5.41) is 0.126. The average molecular weight is 312 g/mol. The quantitative estimate of drug-likeness (QED) is 0.593. The van der Waals surface area contributed by atoms with Crippen molar-refractivity contribution in [3.05, 3.63) is 42.6 Å². The van der Waals surface area contributed by atoms with Gasteiger partial charge in [0.15, 0.2) is 0 Å². The lowest BCUT2D eigenvalue weighted by atomic mass is 10.4. The van der Waals surface area contributed by atoms with E-state index in [1.807, 2.05) is 0 Å². The molecule has 0 fully saturated rings. The van der Waals surface area contributed by atoms with Crippen molar-refractivity contribution >= 4 is 13.7 Å². The zero-order valence-electron chi connectivity index (χ0n) is 10.6. The molecule has 0 heterocycles. The predicted octanol–water partition coefficient (Wildman–Crippen LogP) is 3.27. The highest BCUT2D eigenvalue weighted by atomic mass is 28.4. The largest absolute Gasteiger partial charge is 0.481 e. The fourth-order valence-electron chi connectivity index (χ4n) is 1.52. The molecule has 1 rings (SSSR count). The Balaban J connectivity index is 3.23. The molecular formula is C12H13F5O2Si. The Labute approximate surface area is 114 Å². The van der Waals surface area contributed by atoms with Crippen LogP contribution in [0.1, 0.15) is 6.92 Å². The third kappa shape index (κ3) is 3.44. The van der Waals surface area contributed by atoms with Crippen LogP contribution in [0.25, 0.3) is 0 Å². The molecule has 0 spiro atoms. The minimum atomic E-state index is -5.82. The van der Waals surface area contributed by atoms with E-state index in [0.717, 1.165) is 5.70 Å². The van der Waals surface area contributed by atoms with Gasteiger partial charge >= 0.3 is 20.8 Å². The van der Waals surface area contributed by atoms with Crippen LogP contribution in [0.15, 0.2) is 42.6 Å². The molecule has 0 aliphatic heterocycles. The van der Waals surface area contributed by atoms with Gasteiger partial charge in [0, 0.05) is 6.61 Å². The summed E-state index contributed by atoms with van der Waals surface area (Å²) in [4.78, 5) is 0. The van der Waals surface area contributed by atoms with Crippen molar-refractivity contribution in [1.82, 2.24) is 0 Å². The van der Waals surface area contributed by atoms with Crippen LogP contribution < -0.4 is 5.19 Å². The molecular weight excluding hydrogens is 299 g/mol. The van der Waals surface area contributed by atoms with Crippen LogP contribution in [-0.2, 0) is 8.85 Å². The molecule has 0 radical (unpaired) electrons. The van der Waals surface area contributed by atoms with Crippen LogP contribution in [-0.4, -0.2) is 27.5 Å². The second kappa shape index (κ2) is 6.02. The van der Waals surface area contributed by atoms with Crippen molar-refractivity contribution in [2.45, 2.75) is 19.2 Å². The molecule has 1 unspecified atom stereocenters. The summed E-state index contributed by atoms with van der Waals surface area (Å²) in [6.45, 7) is 4.70. The minimum Gasteiger partial charge on any atom is -0.388 e. The van der Waals surface area contributed by atoms with Crippen LogP contribution in [0.3, 0.4) is 0 Å². The number of hydrogen-bond acceptors (Lipinski definition) is 2. The highest BCUT2D eigenvalue weighted by molar-refractivity contribution is 6.85. The highest BCUT2D eigenvalue weighted by Crippen LogP contribution is 2.38. The van der Waals surface area contributed by atoms with Crippen molar-refractivity contribution in [3.8, 4) is 0 Å². The van der Waals surface area contributed by atoms with E-state index in [-0.39, 0.29) is 11.8 Å². The van der Waals surface area contributed by atoms with Crippen molar-refractivity contribution in [3.63, 3.8) is 0 Å². The van der Waals surface area contributed by atoms with Crippen LogP contribution in [0.4, 0.5) is 22.0 Å². The number of rotatable bonds is 6. The second-order valence-corrected chi connectivity index (χ2v) is 6.60. The van der Waals surface area contributed by atoms with E-state index in [4.69, 9.17) is 4.43 Å². The Morgan fingerprint density at radius 2 is 1.70 bits per heavy atom. The third-order valence-electron chi connectivity index (χ3n) is 2.41. The summed E-state index contributed by atoms with van der Waals surface area (Å²) in [5.41, 5.74) is 0.908. The predicted molar refractivity (Wildman–Crippen MR) is 65.7 cm³/mol. The Morgan fingerprint density at radius 3 is 2.10 bits per heavy atom. The summed E-state index contributed by atoms with van der Waals surface area (Å²) in [6.07, 6.45) is -11.1. The smallest absolute Gasteiger partial charge is 0.388 e. The molecule has 8 heteroatoms. The SMILES string of the molecule is C=C[Si](OCC)(OC(F)(F)C(F)(F)F)c1ccccc1. The van der Waals surface area contributed by atoms with E-state index in [1.165, 1.54) is 31.2 Å². The summed E-state index contributed by atoms with van der Waals surface area (Å²) < 4.78 is 72.5. The lowest BCUT2D eigenvalue weighted by Gasteiger charge is -2.32. The van der Waals surface area contributed by atoms with Crippen LogP contribution in [0.5, 0.6) is 0 Å². The van der Waals surface area contributed by atoms with Gasteiger partial charge in [-0.1, -0.05) is 30.3 Å². The van der Waals surface area contributed by atoms with Crippen LogP contribution in [0, 0.1) is 0 Å². The van der Waals surface area contributed by atoms with Gasteiger partial charge in [-0.15, -0.1) is 6.58 Å². The van der Waals surface area contributed by atoms with Gasteiger partial charge in [0.25, 0.3) is 0 Å². The first-order chi connectivity index (χ1) is 9.18. The molecule has 0 saturated carbocycles. The molecule has 1 atom stereocenters. The molecule has 0 saturated heterocycles. The van der Waals surface area contributed by atoms with Crippen molar-refractivity contribution in [2.75, 3.05) is 6.61 Å². The van der Waals surface area contributed by atoms with Gasteiger partial charge < -0.3 is 8.85 Å². The zero-order chi connectivity index (χ0) is 15.4. The van der Waals surface area contributed by atoms with Gasteiger partial charge in [-0.2, -0.15) is 22.0 Å². The average Bonchev–Trinajstić information content (AvgIpc) is 2.37. The van der Waals surface area contributed by atoms with Crippen molar-refractivity contribution < 1.29 is 30.8 Å². The molecule has 2 nitrogen and oxygen atoms in total. The maximum Gasteiger partial charge on any atom is 0.481 e. The molecule has 1 aromatic rings. The fourth-order valence-corrected chi connectivity index (χ4v) is 3.89. The first-order valence-corrected chi connectivity index (χ1v) is 7.55. The van der Waals surface area contributed by atoms with E-state index in [1.54, 1.807) is 6.07 Å². The monoisotopic (exact) mass is 312 g/mol. The maximum absolute atomic E-state index is 13.2. The Hall–Kier alpha value is -1.25. The molecule has 20 heavy (non-hydrogen) atoms. The molecule has 0 aliphatic carbocycles. The van der Waals surface area contributed by atoms with Gasteiger partial charge in [0.1, 0.15) is 0 Å². The van der Waals surface area contributed by atoms with Crippen LogP contribution >= 0.6 is 0 Å². The first kappa shape index (κ1) is 16.8. The molecule has 1 aromatic carbocycles. The van der Waals surface area contributed by atoms with Crippen molar-refractivity contribution in [2.24, 2.45) is 0 Å². The van der Waals surface area contributed by atoms with Gasteiger partial charge in [-0.25, -0.2) is 0 Å². The van der Waals surface area contributed by atoms with E-state index in [2.05, 4.69) is 11.0 Å². The van der Waals surface area contributed by atoms with Crippen molar-refractivity contribution in [1.29, 1.82) is 0 Å². The van der Waals surface area contributed by atoms with Gasteiger partial charge in [0.05, 0.1) is 0 Å². The molecule has 0 aromatic heterocycles. The number of hydrogen-bond donors (Lipinski definition) is 0. The minimum absolute atomic E-state index is 0.0823. The summed E-state index contributed by atoms with van der Waals surface area (Å²) in [6, 6.07) is 7.33. The first-order valence-electron chi connectivity index (χ1n) is 5.66. The molecule has 0 N–H and O–H groups in total. The van der Waals surface area contributed by atoms with E-state index >= 15 is 0 Å². The molecule has 0 bridgehead atoms. The molecule has 112 valence electrons. The lowest BCUT2D eigenvalue weighted by molar-refractivity contribution is -0.367.